The van der Waals surface area contributed by atoms with Gasteiger partial charge < -0.3 is 10.1 Å². The van der Waals surface area contributed by atoms with Gasteiger partial charge in [-0.15, -0.1) is 0 Å². The highest BCUT2D eigenvalue weighted by atomic mass is 32.2. The number of carbonyl (C=O) groups is 2. The molecule has 8 nitrogen and oxygen atoms in total. The Hall–Kier alpha value is -2.11. The number of amides is 1. The van der Waals surface area contributed by atoms with E-state index in [-0.39, 0.29) is 54.6 Å². The second kappa shape index (κ2) is 11.3. The van der Waals surface area contributed by atoms with Crippen LogP contribution in [-0.2, 0) is 19.6 Å². The van der Waals surface area contributed by atoms with E-state index >= 15 is 0 Å². The molecule has 2 aliphatic heterocycles. The van der Waals surface area contributed by atoms with E-state index in [4.69, 9.17) is 4.74 Å². The summed E-state index contributed by atoms with van der Waals surface area (Å²) in [6, 6.07) is 5.60. The fraction of sp³-hybridized carbons (Fsp3) is 0.636. The van der Waals surface area contributed by atoms with E-state index in [1.807, 2.05) is 0 Å². The standard InChI is InChI=1S/C22H31F2N3O5S/c1-2-32-22(29)17-3-5-19(6-4-17)33(30,31)27-13-7-16(8-14-27)21(28)25-18-9-11-26(12-10-18)15-20(23)24/h3-6,16,18,20H,2,7-15H2,1H3,(H,25,28). The van der Waals surface area contributed by atoms with Crippen molar-refractivity contribution < 1.29 is 31.5 Å². The van der Waals surface area contributed by atoms with Crippen molar-refractivity contribution in [1.29, 1.82) is 0 Å². The number of hydrogen-bond acceptors (Lipinski definition) is 6. The average Bonchev–Trinajstić information content (AvgIpc) is 2.80. The Morgan fingerprint density at radius 3 is 2.21 bits per heavy atom. The van der Waals surface area contributed by atoms with Gasteiger partial charge in [0.2, 0.25) is 15.9 Å². The number of benzene rings is 1. The highest BCUT2D eigenvalue weighted by molar-refractivity contribution is 7.89. The van der Waals surface area contributed by atoms with Gasteiger partial charge in [0.05, 0.1) is 23.6 Å². The van der Waals surface area contributed by atoms with Crippen molar-refractivity contribution in [1.82, 2.24) is 14.5 Å². The van der Waals surface area contributed by atoms with Gasteiger partial charge in [0.15, 0.2) is 0 Å². The molecule has 0 atom stereocenters. The number of carbonyl (C=O) groups excluding carboxylic acids is 2. The van der Waals surface area contributed by atoms with Crippen molar-refractivity contribution in [2.24, 2.45) is 5.92 Å². The molecule has 1 aromatic carbocycles. The zero-order valence-electron chi connectivity index (χ0n) is 18.7. The maximum atomic E-state index is 12.9. The zero-order valence-corrected chi connectivity index (χ0v) is 19.5. The Morgan fingerprint density at radius 1 is 1.06 bits per heavy atom. The van der Waals surface area contributed by atoms with Crippen LogP contribution in [0.1, 0.15) is 43.0 Å². The van der Waals surface area contributed by atoms with E-state index in [0.29, 0.717) is 38.8 Å². The van der Waals surface area contributed by atoms with Crippen LogP contribution in [0.15, 0.2) is 29.2 Å². The van der Waals surface area contributed by atoms with Gasteiger partial charge in [0.25, 0.3) is 6.43 Å². The van der Waals surface area contributed by atoms with Crippen LogP contribution in [0.5, 0.6) is 0 Å². The molecule has 11 heteroatoms. The van der Waals surface area contributed by atoms with Gasteiger partial charge >= 0.3 is 5.97 Å². The first-order valence-corrected chi connectivity index (χ1v) is 12.7. The first-order valence-electron chi connectivity index (χ1n) is 11.3. The number of nitrogens with one attached hydrogen (secondary N) is 1. The minimum Gasteiger partial charge on any atom is -0.462 e. The summed E-state index contributed by atoms with van der Waals surface area (Å²) in [5.74, 6) is -0.882. The molecule has 2 aliphatic rings. The topological polar surface area (TPSA) is 96.0 Å². The third-order valence-electron chi connectivity index (χ3n) is 6.16. The predicted octanol–water partition coefficient (Wildman–Crippen LogP) is 2.11. The van der Waals surface area contributed by atoms with Gasteiger partial charge in [-0.3, -0.25) is 9.69 Å². The summed E-state index contributed by atoms with van der Waals surface area (Å²) in [6.45, 7) is 3.21. The van der Waals surface area contributed by atoms with Crippen LogP contribution in [0, 0.1) is 5.92 Å². The van der Waals surface area contributed by atoms with Gasteiger partial charge in [-0.1, -0.05) is 0 Å². The highest BCUT2D eigenvalue weighted by Crippen LogP contribution is 2.25. The number of nitrogens with zero attached hydrogens (tertiary/aromatic N) is 2. The Balaban J connectivity index is 1.48. The molecule has 3 rings (SSSR count). The first-order chi connectivity index (χ1) is 15.7. The maximum absolute atomic E-state index is 12.9. The second-order valence-electron chi connectivity index (χ2n) is 8.40. The lowest BCUT2D eigenvalue weighted by Gasteiger charge is -2.34. The molecule has 2 saturated heterocycles. The Morgan fingerprint density at radius 2 is 1.67 bits per heavy atom. The molecule has 0 spiro atoms. The Labute approximate surface area is 193 Å². The molecule has 0 radical (unpaired) electrons. The van der Waals surface area contributed by atoms with Crippen molar-refractivity contribution in [2.75, 3.05) is 39.3 Å². The molecule has 0 bridgehead atoms. The normalized spacial score (nSPS) is 19.5. The van der Waals surface area contributed by atoms with Gasteiger partial charge in [-0.2, -0.15) is 4.31 Å². The number of hydrogen-bond donors (Lipinski definition) is 1. The molecule has 1 amide bonds. The third kappa shape index (κ3) is 6.70. The number of alkyl halides is 2. The molecule has 0 aromatic heterocycles. The summed E-state index contributed by atoms with van der Waals surface area (Å²) in [6.07, 6.45) is -0.263. The minimum absolute atomic E-state index is 0.0360. The van der Waals surface area contributed by atoms with Crippen molar-refractivity contribution in [3.63, 3.8) is 0 Å². The SMILES string of the molecule is CCOC(=O)c1ccc(S(=O)(=O)N2CCC(C(=O)NC3CCN(CC(F)F)CC3)CC2)cc1. The number of esters is 1. The molecule has 0 saturated carbocycles. The average molecular weight is 488 g/mol. The van der Waals surface area contributed by atoms with Crippen molar-refractivity contribution in [3.8, 4) is 0 Å². The lowest BCUT2D eigenvalue weighted by atomic mass is 9.96. The van der Waals surface area contributed by atoms with Gasteiger partial charge in [-0.25, -0.2) is 22.0 Å². The molecule has 1 aromatic rings. The third-order valence-corrected chi connectivity index (χ3v) is 8.07. The number of piperidine rings is 2. The van der Waals surface area contributed by atoms with Crippen LogP contribution in [0.3, 0.4) is 0 Å². The summed E-state index contributed by atoms with van der Waals surface area (Å²) in [5.41, 5.74) is 0.284. The summed E-state index contributed by atoms with van der Waals surface area (Å²) in [4.78, 5) is 26.2. The monoisotopic (exact) mass is 487 g/mol. The fourth-order valence-corrected chi connectivity index (χ4v) is 5.73. The quantitative estimate of drug-likeness (QED) is 0.565. The summed E-state index contributed by atoms with van der Waals surface area (Å²) in [7, 11) is -3.73. The molecule has 1 N–H and O–H groups in total. The van der Waals surface area contributed by atoms with E-state index < -0.39 is 22.4 Å². The minimum atomic E-state index is -3.73. The number of rotatable bonds is 8. The van der Waals surface area contributed by atoms with Crippen molar-refractivity contribution >= 4 is 21.9 Å². The molecule has 2 heterocycles. The van der Waals surface area contributed by atoms with Crippen LogP contribution >= 0.6 is 0 Å². The largest absolute Gasteiger partial charge is 0.462 e. The van der Waals surface area contributed by atoms with Crippen molar-refractivity contribution in [3.05, 3.63) is 29.8 Å². The predicted molar refractivity (Wildman–Crippen MR) is 117 cm³/mol. The second-order valence-corrected chi connectivity index (χ2v) is 10.3. The summed E-state index contributed by atoms with van der Waals surface area (Å²) in [5, 5.41) is 3.01. The van der Waals surface area contributed by atoms with Crippen molar-refractivity contribution in [2.45, 2.75) is 50.0 Å². The van der Waals surface area contributed by atoms with Crippen LogP contribution in [0.25, 0.3) is 0 Å². The fourth-order valence-electron chi connectivity index (χ4n) is 4.26. The van der Waals surface area contributed by atoms with E-state index in [9.17, 15) is 26.8 Å². The smallest absolute Gasteiger partial charge is 0.338 e. The molecule has 0 unspecified atom stereocenters. The lowest BCUT2D eigenvalue weighted by Crippen LogP contribution is -2.49. The Kier molecular flexibility index (Phi) is 8.77. The van der Waals surface area contributed by atoms with E-state index in [1.54, 1.807) is 11.8 Å². The van der Waals surface area contributed by atoms with Crippen LogP contribution in [0.4, 0.5) is 8.78 Å². The molecule has 2 fully saturated rings. The molecular formula is C22H31F2N3O5S. The summed E-state index contributed by atoms with van der Waals surface area (Å²) >= 11 is 0. The van der Waals surface area contributed by atoms with E-state index in [1.165, 1.54) is 28.6 Å². The van der Waals surface area contributed by atoms with Crippen LogP contribution < -0.4 is 5.32 Å². The first kappa shape index (κ1) is 25.5. The van der Waals surface area contributed by atoms with E-state index in [2.05, 4.69) is 5.32 Å². The van der Waals surface area contributed by atoms with Crippen LogP contribution in [-0.4, -0.2) is 81.3 Å². The maximum Gasteiger partial charge on any atom is 0.338 e. The van der Waals surface area contributed by atoms with E-state index in [0.717, 1.165) is 0 Å². The van der Waals surface area contributed by atoms with Gasteiger partial charge in [0, 0.05) is 38.1 Å². The zero-order chi connectivity index (χ0) is 24.0. The molecule has 33 heavy (non-hydrogen) atoms. The number of ether oxygens (including phenoxy) is 1. The number of halogens is 2. The van der Waals surface area contributed by atoms with Gasteiger partial charge in [0.1, 0.15) is 0 Å². The highest BCUT2D eigenvalue weighted by Gasteiger charge is 2.33. The lowest BCUT2D eigenvalue weighted by molar-refractivity contribution is -0.127. The Bertz CT molecular complexity index is 910. The molecule has 184 valence electrons. The summed E-state index contributed by atoms with van der Waals surface area (Å²) < 4.78 is 57.2. The number of likely N-dealkylation sites (tertiary alicyclic amines) is 1. The molecule has 0 aliphatic carbocycles. The van der Waals surface area contributed by atoms with Gasteiger partial charge in [-0.05, 0) is 56.9 Å². The van der Waals surface area contributed by atoms with Crippen LogP contribution in [0.2, 0.25) is 0 Å². The number of sulfonamides is 1. The molecular weight excluding hydrogens is 456 g/mol.